The van der Waals surface area contributed by atoms with Crippen LogP contribution in [0.4, 0.5) is 5.69 Å². The largest absolute Gasteiger partial charge is 0.452 e. The molecule has 2 N–H and O–H groups in total. The van der Waals surface area contributed by atoms with Gasteiger partial charge in [-0.15, -0.1) is 11.8 Å². The van der Waals surface area contributed by atoms with Crippen LogP contribution in [0.3, 0.4) is 0 Å². The molecule has 1 atom stereocenters. The standard InChI is InChI=1S/C21H22N2O4S/c1-14(15-5-3-2-4-6-15)12-22-20(25)13-27-21(26)16-7-8-18-17(11-16)23-19(24)9-10-28-18/h2-8,11,14H,9-10,12-13H2,1H3,(H,22,25)(H,23,24)/t14-/m0/s1. The molecule has 1 aliphatic heterocycles. The molecule has 28 heavy (non-hydrogen) atoms. The average molecular weight is 398 g/mol. The lowest BCUT2D eigenvalue weighted by atomic mass is 10.0. The third-order valence-corrected chi connectivity index (χ3v) is 5.46. The number of ether oxygens (including phenoxy) is 1. The molecule has 0 spiro atoms. The fraction of sp³-hybridized carbons (Fsp3) is 0.286. The van der Waals surface area contributed by atoms with E-state index in [1.807, 2.05) is 37.3 Å². The lowest BCUT2D eigenvalue weighted by Gasteiger charge is -2.13. The lowest BCUT2D eigenvalue weighted by molar-refractivity contribution is -0.124. The smallest absolute Gasteiger partial charge is 0.338 e. The normalized spacial score (nSPS) is 14.2. The maximum absolute atomic E-state index is 12.2. The Morgan fingerprint density at radius 1 is 1.21 bits per heavy atom. The molecule has 1 heterocycles. The van der Waals surface area contributed by atoms with Crippen molar-refractivity contribution < 1.29 is 19.1 Å². The summed E-state index contributed by atoms with van der Waals surface area (Å²) in [7, 11) is 0. The van der Waals surface area contributed by atoms with E-state index < -0.39 is 5.97 Å². The number of esters is 1. The minimum absolute atomic E-state index is 0.0799. The molecule has 6 nitrogen and oxygen atoms in total. The Labute approximate surface area is 168 Å². The topological polar surface area (TPSA) is 84.5 Å². The molecular formula is C21H22N2O4S. The van der Waals surface area contributed by atoms with Crippen LogP contribution in [0.15, 0.2) is 53.4 Å². The van der Waals surface area contributed by atoms with Crippen LogP contribution in [0.25, 0.3) is 0 Å². The number of rotatable bonds is 6. The Kier molecular flexibility index (Phi) is 6.71. The van der Waals surface area contributed by atoms with Gasteiger partial charge in [0.25, 0.3) is 5.91 Å². The van der Waals surface area contributed by atoms with Crippen LogP contribution in [0.5, 0.6) is 0 Å². The number of fused-ring (bicyclic) bond motifs is 1. The summed E-state index contributed by atoms with van der Waals surface area (Å²) < 4.78 is 5.11. The SMILES string of the molecule is C[C@@H](CNC(=O)COC(=O)c1ccc2c(c1)NC(=O)CCS2)c1ccccc1. The minimum atomic E-state index is -0.599. The maximum Gasteiger partial charge on any atom is 0.338 e. The van der Waals surface area contributed by atoms with Crippen molar-refractivity contribution >= 4 is 35.2 Å². The Balaban J connectivity index is 1.50. The zero-order chi connectivity index (χ0) is 19.9. The van der Waals surface area contributed by atoms with Crippen molar-refractivity contribution in [3.05, 3.63) is 59.7 Å². The third-order valence-electron chi connectivity index (χ3n) is 4.38. The monoisotopic (exact) mass is 398 g/mol. The zero-order valence-electron chi connectivity index (χ0n) is 15.6. The highest BCUT2D eigenvalue weighted by molar-refractivity contribution is 7.99. The number of benzene rings is 2. The van der Waals surface area contributed by atoms with E-state index in [0.717, 1.165) is 10.5 Å². The lowest BCUT2D eigenvalue weighted by Crippen LogP contribution is -2.31. The van der Waals surface area contributed by atoms with E-state index in [9.17, 15) is 14.4 Å². The number of thioether (sulfide) groups is 1. The highest BCUT2D eigenvalue weighted by Crippen LogP contribution is 2.31. The van der Waals surface area contributed by atoms with E-state index in [1.54, 1.807) is 30.0 Å². The first-order chi connectivity index (χ1) is 13.5. The highest BCUT2D eigenvalue weighted by atomic mass is 32.2. The quantitative estimate of drug-likeness (QED) is 0.730. The van der Waals surface area contributed by atoms with Crippen LogP contribution >= 0.6 is 11.8 Å². The predicted octanol–water partition coefficient (Wildman–Crippen LogP) is 3.20. The van der Waals surface area contributed by atoms with E-state index in [4.69, 9.17) is 4.74 Å². The predicted molar refractivity (Wildman–Crippen MR) is 109 cm³/mol. The van der Waals surface area contributed by atoms with E-state index >= 15 is 0 Å². The molecule has 1 aliphatic rings. The zero-order valence-corrected chi connectivity index (χ0v) is 16.4. The first-order valence-corrected chi connectivity index (χ1v) is 10.1. The van der Waals surface area contributed by atoms with Gasteiger partial charge in [0.15, 0.2) is 6.61 Å². The number of anilines is 1. The van der Waals surface area contributed by atoms with Gasteiger partial charge in [0.1, 0.15) is 0 Å². The first kappa shape index (κ1) is 19.9. The fourth-order valence-corrected chi connectivity index (χ4v) is 3.72. The number of amides is 2. The van der Waals surface area contributed by atoms with Crippen LogP contribution in [-0.4, -0.2) is 36.7 Å². The molecule has 0 fully saturated rings. The van der Waals surface area contributed by atoms with E-state index in [2.05, 4.69) is 10.6 Å². The fourth-order valence-electron chi connectivity index (χ4n) is 2.78. The van der Waals surface area contributed by atoms with Gasteiger partial charge in [-0.2, -0.15) is 0 Å². The van der Waals surface area contributed by atoms with Gasteiger partial charge in [-0.25, -0.2) is 4.79 Å². The summed E-state index contributed by atoms with van der Waals surface area (Å²) in [6.07, 6.45) is 0.431. The summed E-state index contributed by atoms with van der Waals surface area (Å²) in [5, 5.41) is 5.56. The van der Waals surface area contributed by atoms with Crippen molar-refractivity contribution in [3.8, 4) is 0 Å². The molecule has 0 aliphatic carbocycles. The molecule has 2 amide bonds. The molecule has 0 bridgehead atoms. The number of carbonyl (C=O) groups is 3. The molecule has 2 aromatic rings. The van der Waals surface area contributed by atoms with Gasteiger partial charge in [0, 0.05) is 23.6 Å². The Hall–Kier alpha value is -2.80. The van der Waals surface area contributed by atoms with Crippen molar-refractivity contribution in [2.45, 2.75) is 24.2 Å². The van der Waals surface area contributed by atoms with Crippen LogP contribution in [0.2, 0.25) is 0 Å². The first-order valence-electron chi connectivity index (χ1n) is 9.08. The summed E-state index contributed by atoms with van der Waals surface area (Å²) >= 11 is 1.56. The summed E-state index contributed by atoms with van der Waals surface area (Å²) in [6, 6.07) is 14.9. The molecule has 0 radical (unpaired) electrons. The summed E-state index contributed by atoms with van der Waals surface area (Å²) in [5.41, 5.74) is 2.03. The molecule has 0 unspecified atom stereocenters. The Morgan fingerprint density at radius 3 is 2.79 bits per heavy atom. The van der Waals surface area contributed by atoms with Gasteiger partial charge in [-0.05, 0) is 29.7 Å². The number of carbonyl (C=O) groups excluding carboxylic acids is 3. The van der Waals surface area contributed by atoms with Gasteiger partial charge in [0.2, 0.25) is 5.91 Å². The number of hydrogen-bond donors (Lipinski definition) is 2. The average Bonchev–Trinajstić information content (AvgIpc) is 2.90. The molecule has 0 saturated heterocycles. The third kappa shape index (κ3) is 5.36. The second kappa shape index (κ2) is 9.41. The van der Waals surface area contributed by atoms with Gasteiger partial charge >= 0.3 is 5.97 Å². The minimum Gasteiger partial charge on any atom is -0.452 e. The molecule has 7 heteroatoms. The molecule has 2 aromatic carbocycles. The second-order valence-electron chi connectivity index (χ2n) is 6.55. The van der Waals surface area contributed by atoms with Crippen molar-refractivity contribution in [2.75, 3.05) is 24.2 Å². The van der Waals surface area contributed by atoms with Gasteiger partial charge in [-0.3, -0.25) is 9.59 Å². The molecule has 3 rings (SSSR count). The number of hydrogen-bond acceptors (Lipinski definition) is 5. The van der Waals surface area contributed by atoms with Crippen molar-refractivity contribution in [3.63, 3.8) is 0 Å². The second-order valence-corrected chi connectivity index (χ2v) is 7.69. The molecule has 0 aromatic heterocycles. The van der Waals surface area contributed by atoms with Crippen molar-refractivity contribution in [1.29, 1.82) is 0 Å². The summed E-state index contributed by atoms with van der Waals surface area (Å²) in [5.74, 6) is -0.174. The Bertz CT molecular complexity index is 870. The Morgan fingerprint density at radius 2 is 2.00 bits per heavy atom. The van der Waals surface area contributed by atoms with Crippen LogP contribution in [-0.2, 0) is 14.3 Å². The van der Waals surface area contributed by atoms with Crippen LogP contribution < -0.4 is 10.6 Å². The highest BCUT2D eigenvalue weighted by Gasteiger charge is 2.17. The van der Waals surface area contributed by atoms with E-state index in [1.165, 1.54) is 0 Å². The van der Waals surface area contributed by atoms with E-state index in [-0.39, 0.29) is 24.3 Å². The summed E-state index contributed by atoms with van der Waals surface area (Å²) in [6.45, 7) is 2.13. The van der Waals surface area contributed by atoms with Crippen LogP contribution in [0, 0.1) is 0 Å². The maximum atomic E-state index is 12.2. The van der Waals surface area contributed by atoms with Gasteiger partial charge < -0.3 is 15.4 Å². The van der Waals surface area contributed by atoms with Crippen molar-refractivity contribution in [1.82, 2.24) is 5.32 Å². The van der Waals surface area contributed by atoms with Crippen molar-refractivity contribution in [2.24, 2.45) is 0 Å². The molecule has 0 saturated carbocycles. The molecule has 146 valence electrons. The van der Waals surface area contributed by atoms with E-state index in [0.29, 0.717) is 30.0 Å². The van der Waals surface area contributed by atoms with Crippen LogP contribution in [0.1, 0.15) is 35.2 Å². The van der Waals surface area contributed by atoms with Gasteiger partial charge in [-0.1, -0.05) is 37.3 Å². The molecular weight excluding hydrogens is 376 g/mol. The van der Waals surface area contributed by atoms with Gasteiger partial charge in [0.05, 0.1) is 11.3 Å². The number of nitrogens with one attached hydrogen (secondary N) is 2. The summed E-state index contributed by atoms with van der Waals surface area (Å²) in [4.78, 5) is 36.8.